The fourth-order valence-electron chi connectivity index (χ4n) is 3.41. The van der Waals surface area contributed by atoms with E-state index in [-0.39, 0.29) is 6.10 Å². The largest absolute Gasteiger partial charge is 0.481 e. The Morgan fingerprint density at radius 2 is 1.10 bits per heavy atom. The van der Waals surface area contributed by atoms with Gasteiger partial charge in [-0.15, -0.1) is 0 Å². The third-order valence-corrected chi connectivity index (χ3v) is 5.98. The SMILES string of the molecule is CO[C@@H](CCCCCCC(C)(C)C(=O)O)[C@H](O)CCCCCCC(C)(C)C(=O)O. The van der Waals surface area contributed by atoms with Crippen molar-refractivity contribution >= 4 is 11.9 Å². The van der Waals surface area contributed by atoms with Crippen LogP contribution in [0.5, 0.6) is 0 Å². The van der Waals surface area contributed by atoms with Gasteiger partial charge in [-0.25, -0.2) is 0 Å². The quantitative estimate of drug-likeness (QED) is 0.263. The molecule has 0 saturated heterocycles. The number of unbranched alkanes of at least 4 members (excludes halogenated alkanes) is 6. The number of aliphatic hydroxyl groups is 1. The second-order valence-electron chi connectivity index (χ2n) is 9.63. The highest BCUT2D eigenvalue weighted by Crippen LogP contribution is 2.25. The van der Waals surface area contributed by atoms with Gasteiger partial charge in [0.1, 0.15) is 0 Å². The van der Waals surface area contributed by atoms with Crippen molar-refractivity contribution in [1.29, 1.82) is 0 Å². The minimum atomic E-state index is -0.749. The van der Waals surface area contributed by atoms with E-state index >= 15 is 0 Å². The van der Waals surface area contributed by atoms with Crippen LogP contribution in [0.15, 0.2) is 0 Å². The van der Waals surface area contributed by atoms with Gasteiger partial charge < -0.3 is 20.1 Å². The van der Waals surface area contributed by atoms with E-state index in [2.05, 4.69) is 0 Å². The van der Waals surface area contributed by atoms with E-state index in [1.54, 1.807) is 34.8 Å². The summed E-state index contributed by atoms with van der Waals surface area (Å²) in [7, 11) is 1.64. The zero-order valence-corrected chi connectivity index (χ0v) is 19.2. The smallest absolute Gasteiger partial charge is 0.309 e. The summed E-state index contributed by atoms with van der Waals surface area (Å²) in [5.74, 6) is -1.49. The van der Waals surface area contributed by atoms with E-state index in [1.807, 2.05) is 0 Å². The molecular formula is C23H44O6. The maximum Gasteiger partial charge on any atom is 0.309 e. The molecule has 0 aromatic rings. The molecule has 6 nitrogen and oxygen atoms in total. The number of aliphatic hydroxyl groups excluding tert-OH is 1. The van der Waals surface area contributed by atoms with E-state index in [9.17, 15) is 14.7 Å². The van der Waals surface area contributed by atoms with Gasteiger partial charge in [0.2, 0.25) is 0 Å². The minimum Gasteiger partial charge on any atom is -0.481 e. The second kappa shape index (κ2) is 14.0. The molecule has 2 atom stereocenters. The Hall–Kier alpha value is -1.14. The van der Waals surface area contributed by atoms with Crippen molar-refractivity contribution < 1.29 is 29.6 Å². The fraction of sp³-hybridized carbons (Fsp3) is 0.913. The second-order valence-corrected chi connectivity index (χ2v) is 9.63. The number of carbonyl (C=O) groups is 2. The standard InChI is InChI=1S/C23H44O6/c1-22(2,20(25)26)16-12-8-6-10-14-18(24)19(29-5)15-11-7-9-13-17-23(3,4)21(27)28/h18-19,24H,6-17H2,1-5H3,(H,25,26)(H,27,28)/t18-,19+/m1/s1. The lowest BCUT2D eigenvalue weighted by molar-refractivity contribution is -0.148. The normalized spacial score (nSPS) is 14.6. The Bertz CT molecular complexity index is 472. The first kappa shape index (κ1) is 27.9. The molecule has 0 bridgehead atoms. The number of rotatable bonds is 18. The van der Waals surface area contributed by atoms with Crippen molar-refractivity contribution in [2.75, 3.05) is 7.11 Å². The first-order valence-electron chi connectivity index (χ1n) is 11.1. The van der Waals surface area contributed by atoms with E-state index in [1.165, 1.54) is 0 Å². The molecule has 0 spiro atoms. The van der Waals surface area contributed by atoms with Crippen molar-refractivity contribution in [1.82, 2.24) is 0 Å². The lowest BCUT2D eigenvalue weighted by atomic mass is 9.87. The van der Waals surface area contributed by atoms with E-state index in [0.29, 0.717) is 19.3 Å². The van der Waals surface area contributed by atoms with Crippen LogP contribution in [0.3, 0.4) is 0 Å². The molecule has 0 heterocycles. The van der Waals surface area contributed by atoms with Gasteiger partial charge >= 0.3 is 11.9 Å². The predicted molar refractivity (Wildman–Crippen MR) is 115 cm³/mol. The average molecular weight is 417 g/mol. The van der Waals surface area contributed by atoms with E-state index < -0.39 is 28.9 Å². The van der Waals surface area contributed by atoms with Crippen LogP contribution in [0.1, 0.15) is 105 Å². The zero-order chi connectivity index (χ0) is 22.5. The van der Waals surface area contributed by atoms with Gasteiger partial charge in [-0.3, -0.25) is 9.59 Å². The summed E-state index contributed by atoms with van der Waals surface area (Å²) in [6, 6.07) is 0. The summed E-state index contributed by atoms with van der Waals surface area (Å²) in [6.45, 7) is 7.05. The van der Waals surface area contributed by atoms with Gasteiger partial charge in [-0.2, -0.15) is 0 Å². The van der Waals surface area contributed by atoms with Gasteiger partial charge in [0.25, 0.3) is 0 Å². The van der Waals surface area contributed by atoms with Gasteiger partial charge in [0.15, 0.2) is 0 Å². The molecular weight excluding hydrogens is 372 g/mol. The van der Waals surface area contributed by atoms with Crippen molar-refractivity contribution in [2.45, 2.75) is 117 Å². The Morgan fingerprint density at radius 3 is 1.48 bits per heavy atom. The van der Waals surface area contributed by atoms with Crippen LogP contribution in [0.25, 0.3) is 0 Å². The molecule has 0 aliphatic rings. The third-order valence-electron chi connectivity index (χ3n) is 5.98. The number of carboxylic acid groups (broad SMARTS) is 2. The predicted octanol–water partition coefficient (Wildman–Crippen LogP) is 5.27. The Kier molecular flexibility index (Phi) is 13.4. The van der Waals surface area contributed by atoms with Crippen LogP contribution in [-0.2, 0) is 14.3 Å². The summed E-state index contributed by atoms with van der Waals surface area (Å²) >= 11 is 0. The molecule has 6 heteroatoms. The molecule has 0 aliphatic carbocycles. The van der Waals surface area contributed by atoms with Crippen molar-refractivity contribution in [3.63, 3.8) is 0 Å². The maximum absolute atomic E-state index is 11.1. The van der Waals surface area contributed by atoms with Crippen molar-refractivity contribution in [3.05, 3.63) is 0 Å². The molecule has 0 aliphatic heterocycles. The van der Waals surface area contributed by atoms with Crippen LogP contribution >= 0.6 is 0 Å². The van der Waals surface area contributed by atoms with Crippen molar-refractivity contribution in [2.24, 2.45) is 10.8 Å². The molecule has 0 unspecified atom stereocenters. The highest BCUT2D eigenvalue weighted by atomic mass is 16.5. The first-order chi connectivity index (χ1) is 13.4. The number of ether oxygens (including phenoxy) is 1. The summed E-state index contributed by atoms with van der Waals surface area (Å²) in [5.41, 5.74) is -1.32. The lowest BCUT2D eigenvalue weighted by Gasteiger charge is -2.22. The van der Waals surface area contributed by atoms with Gasteiger partial charge in [-0.1, -0.05) is 51.4 Å². The van der Waals surface area contributed by atoms with Crippen molar-refractivity contribution in [3.8, 4) is 0 Å². The highest BCUT2D eigenvalue weighted by molar-refractivity contribution is 5.73. The molecule has 0 amide bonds. The van der Waals surface area contributed by atoms with Gasteiger partial charge in [-0.05, 0) is 53.4 Å². The number of methoxy groups -OCH3 is 1. The van der Waals surface area contributed by atoms with Gasteiger partial charge in [0, 0.05) is 7.11 Å². The summed E-state index contributed by atoms with van der Waals surface area (Å²) < 4.78 is 5.46. The molecule has 0 aromatic heterocycles. The van der Waals surface area contributed by atoms with Crippen LogP contribution in [0, 0.1) is 10.8 Å². The highest BCUT2D eigenvalue weighted by Gasteiger charge is 2.27. The lowest BCUT2D eigenvalue weighted by Crippen LogP contribution is -2.28. The van der Waals surface area contributed by atoms with E-state index in [0.717, 1.165) is 57.8 Å². The van der Waals surface area contributed by atoms with Crippen LogP contribution in [0.4, 0.5) is 0 Å². The maximum atomic E-state index is 11.1. The van der Waals surface area contributed by atoms with Crippen LogP contribution < -0.4 is 0 Å². The van der Waals surface area contributed by atoms with Crippen LogP contribution in [0.2, 0.25) is 0 Å². The first-order valence-corrected chi connectivity index (χ1v) is 11.1. The fourth-order valence-corrected chi connectivity index (χ4v) is 3.41. The Morgan fingerprint density at radius 1 is 0.724 bits per heavy atom. The monoisotopic (exact) mass is 416 g/mol. The molecule has 0 aromatic carbocycles. The molecule has 0 radical (unpaired) electrons. The number of aliphatic carboxylic acids is 2. The topological polar surface area (TPSA) is 104 Å². The molecule has 0 fully saturated rings. The van der Waals surface area contributed by atoms with Crippen LogP contribution in [-0.4, -0.2) is 46.6 Å². The Balaban J connectivity index is 3.86. The summed E-state index contributed by atoms with van der Waals surface area (Å²) in [6.07, 6.45) is 9.90. The number of hydrogen-bond donors (Lipinski definition) is 3. The number of hydrogen-bond acceptors (Lipinski definition) is 4. The zero-order valence-electron chi connectivity index (χ0n) is 19.2. The Labute approximate surface area is 177 Å². The molecule has 29 heavy (non-hydrogen) atoms. The average Bonchev–Trinajstić information content (AvgIpc) is 2.63. The molecule has 0 saturated carbocycles. The molecule has 0 rings (SSSR count). The summed E-state index contributed by atoms with van der Waals surface area (Å²) in [5, 5.41) is 28.6. The molecule has 172 valence electrons. The van der Waals surface area contributed by atoms with Gasteiger partial charge in [0.05, 0.1) is 23.0 Å². The summed E-state index contributed by atoms with van der Waals surface area (Å²) in [4.78, 5) is 22.2. The third kappa shape index (κ3) is 12.2. The molecule has 3 N–H and O–H groups in total. The minimum absolute atomic E-state index is 0.156. The van der Waals surface area contributed by atoms with E-state index in [4.69, 9.17) is 14.9 Å². The number of carboxylic acids is 2.